The van der Waals surface area contributed by atoms with Gasteiger partial charge in [-0.15, -0.1) is 0 Å². The number of carboxylic acids is 1. The van der Waals surface area contributed by atoms with E-state index in [1.165, 1.54) is 0 Å². The number of hydrogen-bond acceptors (Lipinski definition) is 3. The van der Waals surface area contributed by atoms with E-state index in [1.807, 2.05) is 0 Å². The van der Waals surface area contributed by atoms with Crippen molar-refractivity contribution in [1.29, 1.82) is 0 Å². The van der Waals surface area contributed by atoms with Crippen LogP contribution >= 0.6 is 0 Å². The fourth-order valence-electron chi connectivity index (χ4n) is 3.45. The quantitative estimate of drug-likeness (QED) is 0.852. The van der Waals surface area contributed by atoms with Crippen LogP contribution in [-0.2, 0) is 9.53 Å². The average Bonchev–Trinajstić information content (AvgIpc) is 2.36. The summed E-state index contributed by atoms with van der Waals surface area (Å²) in [5, 5.41) is 8.73. The average molecular weight is 269 g/mol. The minimum Gasteiger partial charge on any atom is -0.481 e. The predicted molar refractivity (Wildman–Crippen MR) is 74.2 cm³/mol. The van der Waals surface area contributed by atoms with E-state index in [9.17, 15) is 4.79 Å². The molecule has 1 unspecified atom stereocenters. The molecule has 0 radical (unpaired) electrons. The fourth-order valence-corrected chi connectivity index (χ4v) is 3.45. The Hall–Kier alpha value is -0.610. The minimum atomic E-state index is -0.659. The second-order valence-electron chi connectivity index (χ2n) is 6.67. The first kappa shape index (κ1) is 14.8. The van der Waals surface area contributed by atoms with Crippen LogP contribution in [0.4, 0.5) is 0 Å². The van der Waals surface area contributed by atoms with Gasteiger partial charge in [0, 0.05) is 19.1 Å². The molecule has 1 N–H and O–H groups in total. The third kappa shape index (κ3) is 4.46. The molecule has 0 aliphatic carbocycles. The summed E-state index contributed by atoms with van der Waals surface area (Å²) in [6.07, 6.45) is 5.75. The van der Waals surface area contributed by atoms with E-state index in [2.05, 4.69) is 18.7 Å². The zero-order valence-electron chi connectivity index (χ0n) is 12.2. The smallest absolute Gasteiger partial charge is 0.303 e. The van der Waals surface area contributed by atoms with E-state index in [4.69, 9.17) is 9.84 Å². The molecule has 0 bridgehead atoms. The van der Waals surface area contributed by atoms with Gasteiger partial charge >= 0.3 is 5.97 Å². The number of ether oxygens (including phenoxy) is 1. The molecule has 2 heterocycles. The van der Waals surface area contributed by atoms with Crippen LogP contribution in [0.15, 0.2) is 0 Å². The van der Waals surface area contributed by atoms with Crippen molar-refractivity contribution >= 4 is 5.97 Å². The van der Waals surface area contributed by atoms with E-state index < -0.39 is 5.97 Å². The molecule has 2 saturated heterocycles. The molecule has 2 rings (SSSR count). The molecule has 0 aromatic rings. The molecule has 0 saturated carbocycles. The van der Waals surface area contributed by atoms with Gasteiger partial charge in [-0.1, -0.05) is 0 Å². The maximum absolute atomic E-state index is 10.6. The van der Waals surface area contributed by atoms with Crippen LogP contribution in [0.1, 0.15) is 52.4 Å². The highest BCUT2D eigenvalue weighted by atomic mass is 16.5. The Morgan fingerprint density at radius 3 is 2.58 bits per heavy atom. The van der Waals surface area contributed by atoms with Crippen LogP contribution in [-0.4, -0.2) is 47.3 Å². The van der Waals surface area contributed by atoms with E-state index in [0.717, 1.165) is 51.8 Å². The third-order valence-electron chi connectivity index (χ3n) is 4.60. The van der Waals surface area contributed by atoms with Gasteiger partial charge in [0.05, 0.1) is 5.60 Å². The zero-order chi connectivity index (χ0) is 13.9. The standard InChI is InChI=1S/C15H27NO3/c1-15(2)11-13(7-10-19-15)16-8-5-12(6-9-16)3-4-14(17)18/h12-13H,3-11H2,1-2H3,(H,17,18). The molecule has 0 aromatic carbocycles. The van der Waals surface area contributed by atoms with Gasteiger partial charge in [-0.2, -0.15) is 0 Å². The number of likely N-dealkylation sites (tertiary alicyclic amines) is 1. The molecule has 19 heavy (non-hydrogen) atoms. The van der Waals surface area contributed by atoms with E-state index in [1.54, 1.807) is 0 Å². The highest BCUT2D eigenvalue weighted by molar-refractivity contribution is 5.66. The van der Waals surface area contributed by atoms with Gasteiger partial charge in [0.25, 0.3) is 0 Å². The first-order chi connectivity index (χ1) is 8.96. The van der Waals surface area contributed by atoms with E-state index in [-0.39, 0.29) is 5.60 Å². The predicted octanol–water partition coefficient (Wildman–Crippen LogP) is 2.52. The number of nitrogens with zero attached hydrogens (tertiary/aromatic N) is 1. The van der Waals surface area contributed by atoms with Crippen molar-refractivity contribution in [2.24, 2.45) is 5.92 Å². The summed E-state index contributed by atoms with van der Waals surface area (Å²) in [6.45, 7) is 7.49. The van der Waals surface area contributed by atoms with Crippen LogP contribution in [0.2, 0.25) is 0 Å². The lowest BCUT2D eigenvalue weighted by molar-refractivity contribution is -0.137. The molecule has 0 aromatic heterocycles. The molecular formula is C15H27NO3. The molecule has 2 fully saturated rings. The Labute approximate surface area is 116 Å². The summed E-state index contributed by atoms with van der Waals surface area (Å²) in [5.41, 5.74) is 0.0169. The number of rotatable bonds is 4. The zero-order valence-corrected chi connectivity index (χ0v) is 12.2. The number of carbonyl (C=O) groups is 1. The topological polar surface area (TPSA) is 49.8 Å². The lowest BCUT2D eigenvalue weighted by Crippen LogP contribution is -2.48. The van der Waals surface area contributed by atoms with Crippen molar-refractivity contribution in [3.8, 4) is 0 Å². The second kappa shape index (κ2) is 6.23. The summed E-state index contributed by atoms with van der Waals surface area (Å²) in [4.78, 5) is 13.2. The van der Waals surface area contributed by atoms with Crippen LogP contribution in [0, 0.1) is 5.92 Å². The van der Waals surface area contributed by atoms with Crippen LogP contribution in [0.5, 0.6) is 0 Å². The molecule has 0 amide bonds. The Morgan fingerprint density at radius 1 is 1.32 bits per heavy atom. The first-order valence-electron chi connectivity index (χ1n) is 7.56. The van der Waals surface area contributed by atoms with Crippen molar-refractivity contribution in [3.05, 3.63) is 0 Å². The van der Waals surface area contributed by atoms with Crippen LogP contribution in [0.3, 0.4) is 0 Å². The fraction of sp³-hybridized carbons (Fsp3) is 0.933. The van der Waals surface area contributed by atoms with Gasteiger partial charge in [0.1, 0.15) is 0 Å². The Kier molecular flexibility index (Phi) is 4.85. The Bertz CT molecular complexity index is 309. The second-order valence-corrected chi connectivity index (χ2v) is 6.67. The van der Waals surface area contributed by atoms with Gasteiger partial charge in [-0.3, -0.25) is 4.79 Å². The van der Waals surface area contributed by atoms with Crippen molar-refractivity contribution < 1.29 is 14.6 Å². The van der Waals surface area contributed by atoms with Gasteiger partial charge in [0.2, 0.25) is 0 Å². The Morgan fingerprint density at radius 2 is 2.00 bits per heavy atom. The maximum atomic E-state index is 10.6. The number of carboxylic acid groups (broad SMARTS) is 1. The van der Waals surface area contributed by atoms with Crippen LogP contribution in [0.25, 0.3) is 0 Å². The van der Waals surface area contributed by atoms with Crippen molar-refractivity contribution in [1.82, 2.24) is 4.90 Å². The molecule has 4 heteroatoms. The Balaban J connectivity index is 1.75. The largest absolute Gasteiger partial charge is 0.481 e. The van der Waals surface area contributed by atoms with E-state index >= 15 is 0 Å². The maximum Gasteiger partial charge on any atom is 0.303 e. The summed E-state index contributed by atoms with van der Waals surface area (Å²) in [6, 6.07) is 0.657. The molecule has 4 nitrogen and oxygen atoms in total. The highest BCUT2D eigenvalue weighted by Gasteiger charge is 2.33. The summed E-state index contributed by atoms with van der Waals surface area (Å²) in [5.74, 6) is -0.0474. The molecule has 1 atom stereocenters. The minimum absolute atomic E-state index is 0.0169. The van der Waals surface area contributed by atoms with Gasteiger partial charge in [0.15, 0.2) is 0 Å². The van der Waals surface area contributed by atoms with E-state index in [0.29, 0.717) is 18.4 Å². The number of piperidine rings is 1. The third-order valence-corrected chi connectivity index (χ3v) is 4.60. The summed E-state index contributed by atoms with van der Waals surface area (Å²) in [7, 11) is 0. The molecular weight excluding hydrogens is 242 g/mol. The van der Waals surface area contributed by atoms with Crippen molar-refractivity contribution in [3.63, 3.8) is 0 Å². The number of aliphatic carboxylic acids is 1. The molecule has 2 aliphatic rings. The van der Waals surface area contributed by atoms with Crippen molar-refractivity contribution in [2.75, 3.05) is 19.7 Å². The van der Waals surface area contributed by atoms with Crippen molar-refractivity contribution in [2.45, 2.75) is 64.0 Å². The van der Waals surface area contributed by atoms with Gasteiger partial charge < -0.3 is 14.7 Å². The SMILES string of the molecule is CC1(C)CC(N2CCC(CCC(=O)O)CC2)CCO1. The summed E-state index contributed by atoms with van der Waals surface area (Å²) < 4.78 is 5.78. The number of hydrogen-bond donors (Lipinski definition) is 1. The highest BCUT2D eigenvalue weighted by Crippen LogP contribution is 2.31. The monoisotopic (exact) mass is 269 g/mol. The lowest BCUT2D eigenvalue weighted by atomic mass is 9.88. The lowest BCUT2D eigenvalue weighted by Gasteiger charge is -2.44. The first-order valence-corrected chi connectivity index (χ1v) is 7.56. The summed E-state index contributed by atoms with van der Waals surface area (Å²) >= 11 is 0. The molecule has 0 spiro atoms. The van der Waals surface area contributed by atoms with Crippen LogP contribution < -0.4 is 0 Å². The normalized spacial score (nSPS) is 29.3. The van der Waals surface area contributed by atoms with Gasteiger partial charge in [-0.25, -0.2) is 0 Å². The molecule has 110 valence electrons. The molecule has 2 aliphatic heterocycles. The van der Waals surface area contributed by atoms with Gasteiger partial charge in [-0.05, 0) is 65.0 Å².